The lowest BCUT2D eigenvalue weighted by Gasteiger charge is -1.97. The second-order valence-electron chi connectivity index (χ2n) is 5.15. The van der Waals surface area contributed by atoms with Crippen LogP contribution in [0.25, 0.3) is 27.7 Å². The third-order valence-corrected chi connectivity index (χ3v) is 3.95. The molecule has 0 aliphatic rings. The Morgan fingerprint density at radius 3 is 2.55 bits per heavy atom. The Morgan fingerprint density at radius 2 is 1.75 bits per heavy atom. The highest BCUT2D eigenvalue weighted by atomic mass is 15.1. The van der Waals surface area contributed by atoms with Gasteiger partial charge in [-0.25, -0.2) is 4.98 Å². The van der Waals surface area contributed by atoms with Gasteiger partial charge >= 0.3 is 0 Å². The van der Waals surface area contributed by atoms with Gasteiger partial charge in [0.15, 0.2) is 0 Å². The van der Waals surface area contributed by atoms with Crippen LogP contribution in [0.1, 0.15) is 5.82 Å². The quantitative estimate of drug-likeness (QED) is 0.511. The van der Waals surface area contributed by atoms with Crippen LogP contribution in [0.5, 0.6) is 0 Å². The molecule has 98 valence electrons. The predicted octanol–water partition coefficient (Wildman–Crippen LogP) is 3.80. The molecule has 4 rings (SSSR count). The normalized spacial score (nSPS) is 11.5. The molecular formula is C17H15N3. The summed E-state index contributed by atoms with van der Waals surface area (Å²) in [7, 11) is 2.06. The van der Waals surface area contributed by atoms with Crippen molar-refractivity contribution in [2.24, 2.45) is 7.05 Å². The summed E-state index contributed by atoms with van der Waals surface area (Å²) in [4.78, 5) is 4.69. The average molecular weight is 261 g/mol. The molecule has 0 saturated heterocycles. The molecule has 3 aromatic heterocycles. The van der Waals surface area contributed by atoms with Gasteiger partial charge in [0.25, 0.3) is 0 Å². The minimum absolute atomic E-state index is 1.04. The maximum atomic E-state index is 4.69. The molecule has 1 aromatic carbocycles. The van der Waals surface area contributed by atoms with E-state index in [1.54, 1.807) is 0 Å². The molecule has 0 saturated carbocycles. The van der Waals surface area contributed by atoms with E-state index in [1.807, 2.05) is 13.0 Å². The molecule has 0 amide bonds. The Bertz CT molecular complexity index is 914. The van der Waals surface area contributed by atoms with E-state index in [2.05, 4.69) is 69.8 Å². The van der Waals surface area contributed by atoms with Crippen LogP contribution in [-0.4, -0.2) is 14.0 Å². The molecule has 0 fully saturated rings. The number of rotatable bonds is 1. The second-order valence-corrected chi connectivity index (χ2v) is 5.15. The fourth-order valence-corrected chi connectivity index (χ4v) is 2.74. The van der Waals surface area contributed by atoms with Crippen molar-refractivity contribution in [3.8, 4) is 11.1 Å². The van der Waals surface area contributed by atoms with Crippen LogP contribution in [0, 0.1) is 6.92 Å². The van der Waals surface area contributed by atoms with Gasteiger partial charge in [-0.2, -0.15) is 0 Å². The number of imidazole rings is 1. The van der Waals surface area contributed by atoms with Crippen molar-refractivity contribution < 1.29 is 0 Å². The molecule has 0 radical (unpaired) electrons. The van der Waals surface area contributed by atoms with Gasteiger partial charge in [-0.1, -0.05) is 30.3 Å². The van der Waals surface area contributed by atoms with Gasteiger partial charge in [0.2, 0.25) is 0 Å². The predicted molar refractivity (Wildman–Crippen MR) is 81.8 cm³/mol. The first kappa shape index (κ1) is 11.3. The molecule has 0 bridgehead atoms. The minimum atomic E-state index is 1.04. The van der Waals surface area contributed by atoms with Crippen molar-refractivity contribution in [3.63, 3.8) is 0 Å². The first-order valence-corrected chi connectivity index (χ1v) is 6.73. The Labute approximate surface area is 117 Å². The number of aryl methyl sites for hydroxylation is 2. The van der Waals surface area contributed by atoms with E-state index >= 15 is 0 Å². The molecule has 0 atom stereocenters. The number of fused-ring (bicyclic) bond motifs is 3. The van der Waals surface area contributed by atoms with Crippen LogP contribution in [0.15, 0.2) is 54.9 Å². The highest BCUT2D eigenvalue weighted by molar-refractivity contribution is 5.93. The molecule has 0 aliphatic carbocycles. The number of aromatic nitrogens is 3. The molecule has 0 spiro atoms. The molecular weight excluding hydrogens is 246 g/mol. The first-order valence-electron chi connectivity index (χ1n) is 6.73. The Balaban J connectivity index is 2.04. The topological polar surface area (TPSA) is 22.2 Å². The van der Waals surface area contributed by atoms with Crippen molar-refractivity contribution in [1.82, 2.24) is 14.0 Å². The maximum Gasteiger partial charge on any atom is 0.113 e. The summed E-state index contributed by atoms with van der Waals surface area (Å²) in [6.07, 6.45) is 4.26. The van der Waals surface area contributed by atoms with E-state index in [-0.39, 0.29) is 0 Å². The lowest BCUT2D eigenvalue weighted by molar-refractivity contribution is 0.885. The highest BCUT2D eigenvalue weighted by Gasteiger charge is 2.10. The summed E-state index contributed by atoms with van der Waals surface area (Å²) in [5.74, 6) is 1.04. The molecule has 20 heavy (non-hydrogen) atoms. The Hall–Kier alpha value is -2.55. The van der Waals surface area contributed by atoms with E-state index in [4.69, 9.17) is 0 Å². The zero-order valence-electron chi connectivity index (χ0n) is 11.5. The molecule has 3 heterocycles. The van der Waals surface area contributed by atoms with Gasteiger partial charge < -0.3 is 8.97 Å². The van der Waals surface area contributed by atoms with Gasteiger partial charge in [-0.3, -0.25) is 0 Å². The van der Waals surface area contributed by atoms with Crippen molar-refractivity contribution in [2.45, 2.75) is 6.92 Å². The number of hydrogen-bond acceptors (Lipinski definition) is 1. The summed E-state index contributed by atoms with van der Waals surface area (Å²) in [5.41, 5.74) is 5.85. The average Bonchev–Trinajstić information content (AvgIpc) is 3.03. The van der Waals surface area contributed by atoms with Crippen molar-refractivity contribution in [1.29, 1.82) is 0 Å². The van der Waals surface area contributed by atoms with Crippen LogP contribution in [0.4, 0.5) is 0 Å². The van der Waals surface area contributed by atoms with Gasteiger partial charge in [0.1, 0.15) is 11.3 Å². The number of pyridine rings is 1. The summed E-state index contributed by atoms with van der Waals surface area (Å²) < 4.78 is 4.28. The van der Waals surface area contributed by atoms with Gasteiger partial charge in [0.05, 0.1) is 11.0 Å². The van der Waals surface area contributed by atoms with Crippen LogP contribution in [0.2, 0.25) is 0 Å². The number of nitrogens with zero attached hydrogens (tertiary/aromatic N) is 3. The number of benzene rings is 1. The molecule has 0 unspecified atom stereocenters. The fourth-order valence-electron chi connectivity index (χ4n) is 2.74. The molecule has 0 N–H and O–H groups in total. The fraction of sp³-hybridized carbons (Fsp3) is 0.118. The van der Waals surface area contributed by atoms with Crippen molar-refractivity contribution >= 4 is 16.6 Å². The van der Waals surface area contributed by atoms with Crippen molar-refractivity contribution in [3.05, 3.63) is 60.7 Å². The van der Waals surface area contributed by atoms with E-state index in [9.17, 15) is 0 Å². The second kappa shape index (κ2) is 3.97. The largest absolute Gasteiger partial charge is 0.331 e. The molecule has 4 aromatic rings. The zero-order valence-corrected chi connectivity index (χ0v) is 11.5. The van der Waals surface area contributed by atoms with Gasteiger partial charge in [-0.15, -0.1) is 0 Å². The van der Waals surface area contributed by atoms with E-state index in [0.29, 0.717) is 0 Å². The monoisotopic (exact) mass is 261 g/mol. The standard InChI is InChI=1S/C17H15N3/c1-12-18-17-15(19(12)2)8-9-20-11-14(10-16(17)20)13-6-4-3-5-7-13/h3-11H,1-2H3. The first-order chi connectivity index (χ1) is 9.74. The Morgan fingerprint density at radius 1 is 0.950 bits per heavy atom. The third-order valence-electron chi connectivity index (χ3n) is 3.95. The van der Waals surface area contributed by atoms with Crippen LogP contribution in [-0.2, 0) is 7.05 Å². The van der Waals surface area contributed by atoms with Crippen LogP contribution < -0.4 is 0 Å². The SMILES string of the molecule is Cc1nc2c(ccn3cc(-c4ccccc4)cc23)n1C. The summed E-state index contributed by atoms with van der Waals surface area (Å²) in [5, 5.41) is 0. The lowest BCUT2D eigenvalue weighted by Crippen LogP contribution is -1.90. The Kier molecular flexibility index (Phi) is 2.24. The summed E-state index contributed by atoms with van der Waals surface area (Å²) in [6, 6.07) is 14.8. The van der Waals surface area contributed by atoms with Gasteiger partial charge in [-0.05, 0) is 24.6 Å². The molecule has 0 aliphatic heterocycles. The van der Waals surface area contributed by atoms with E-state index < -0.39 is 0 Å². The van der Waals surface area contributed by atoms with Gasteiger partial charge in [0, 0.05) is 25.0 Å². The summed E-state index contributed by atoms with van der Waals surface area (Å²) in [6.45, 7) is 2.04. The lowest BCUT2D eigenvalue weighted by atomic mass is 10.1. The summed E-state index contributed by atoms with van der Waals surface area (Å²) >= 11 is 0. The van der Waals surface area contributed by atoms with E-state index in [0.717, 1.165) is 16.9 Å². The van der Waals surface area contributed by atoms with Crippen LogP contribution >= 0.6 is 0 Å². The minimum Gasteiger partial charge on any atom is -0.331 e. The molecule has 3 nitrogen and oxygen atoms in total. The zero-order chi connectivity index (χ0) is 13.7. The molecule has 3 heteroatoms. The highest BCUT2D eigenvalue weighted by Crippen LogP contribution is 2.27. The van der Waals surface area contributed by atoms with Crippen LogP contribution in [0.3, 0.4) is 0 Å². The maximum absolute atomic E-state index is 4.69. The van der Waals surface area contributed by atoms with E-state index in [1.165, 1.54) is 16.6 Å². The number of hydrogen-bond donors (Lipinski definition) is 0. The third kappa shape index (κ3) is 1.50. The smallest absolute Gasteiger partial charge is 0.113 e. The van der Waals surface area contributed by atoms with Crippen molar-refractivity contribution in [2.75, 3.05) is 0 Å².